The van der Waals surface area contributed by atoms with Crippen molar-refractivity contribution < 1.29 is 19.0 Å². The molecule has 1 N–H and O–H groups in total. The molecule has 0 saturated carbocycles. The number of cyclic esters (lactones) is 1. The molecule has 0 amide bonds. The maximum Gasteiger partial charge on any atom is 0.339 e. The third-order valence-electron chi connectivity index (χ3n) is 3.58. The number of hydrogen-bond acceptors (Lipinski definition) is 5. The van der Waals surface area contributed by atoms with Crippen LogP contribution in [0.2, 0.25) is 0 Å². The number of hydrogen-bond donors (Lipinski definition) is 1. The molecule has 0 radical (unpaired) electrons. The van der Waals surface area contributed by atoms with Crippen LogP contribution in [0.15, 0.2) is 23.2 Å². The van der Waals surface area contributed by atoms with Gasteiger partial charge in [0.1, 0.15) is 5.54 Å². The van der Waals surface area contributed by atoms with Crippen LogP contribution in [-0.4, -0.2) is 31.7 Å². The van der Waals surface area contributed by atoms with E-state index in [1.807, 2.05) is 25.1 Å². The molecule has 0 aliphatic carbocycles. The lowest BCUT2D eigenvalue weighted by atomic mass is 10.0. The van der Waals surface area contributed by atoms with Crippen LogP contribution < -0.4 is 14.8 Å². The first kappa shape index (κ1) is 15.2. The Kier molecular flexibility index (Phi) is 4.35. The highest BCUT2D eigenvalue weighted by molar-refractivity contribution is 6.00. The molecule has 0 bridgehead atoms. The Balaban J connectivity index is 2.10. The van der Waals surface area contributed by atoms with Crippen molar-refractivity contribution in [3.8, 4) is 11.5 Å². The summed E-state index contributed by atoms with van der Waals surface area (Å²) in [7, 11) is 3.17. The fourth-order valence-corrected chi connectivity index (χ4v) is 1.96. The number of amidine groups is 1. The summed E-state index contributed by atoms with van der Waals surface area (Å²) < 4.78 is 15.6. The molecule has 1 aromatic carbocycles. The lowest BCUT2D eigenvalue weighted by Crippen LogP contribution is -2.42. The second-order valence-corrected chi connectivity index (χ2v) is 5.01. The highest BCUT2D eigenvalue weighted by Crippen LogP contribution is 2.28. The van der Waals surface area contributed by atoms with Crippen LogP contribution in [0.5, 0.6) is 11.5 Å². The number of ether oxygens (including phenoxy) is 3. The predicted octanol–water partition coefficient (Wildman–Crippen LogP) is 1.87. The number of carbonyl (C=O) groups excluding carboxylic acids is 1. The minimum atomic E-state index is -0.684. The van der Waals surface area contributed by atoms with Crippen molar-refractivity contribution in [2.24, 2.45) is 4.99 Å². The van der Waals surface area contributed by atoms with E-state index in [-0.39, 0.29) is 12.0 Å². The van der Waals surface area contributed by atoms with Gasteiger partial charge in [-0.05, 0) is 31.0 Å². The van der Waals surface area contributed by atoms with Crippen LogP contribution in [0, 0.1) is 0 Å². The van der Waals surface area contributed by atoms with Gasteiger partial charge in [0.15, 0.2) is 11.5 Å². The molecular formula is C15H20N2O4. The van der Waals surface area contributed by atoms with E-state index in [1.165, 1.54) is 0 Å². The zero-order valence-electron chi connectivity index (χ0n) is 12.7. The fraction of sp³-hybridized carbons (Fsp3) is 0.467. The van der Waals surface area contributed by atoms with Gasteiger partial charge in [-0.1, -0.05) is 13.0 Å². The number of esters is 1. The molecule has 1 saturated heterocycles. The number of carbonyl (C=O) groups is 1. The van der Waals surface area contributed by atoms with Gasteiger partial charge in [0.2, 0.25) is 0 Å². The van der Waals surface area contributed by atoms with Crippen molar-refractivity contribution in [2.45, 2.75) is 32.4 Å². The van der Waals surface area contributed by atoms with Gasteiger partial charge >= 0.3 is 5.97 Å². The van der Waals surface area contributed by atoms with Crippen molar-refractivity contribution >= 4 is 12.0 Å². The summed E-state index contributed by atoms with van der Waals surface area (Å²) in [5, 5.41) is 3.01. The van der Waals surface area contributed by atoms with E-state index >= 15 is 0 Å². The smallest absolute Gasteiger partial charge is 0.339 e. The van der Waals surface area contributed by atoms with E-state index in [9.17, 15) is 4.79 Å². The zero-order chi connectivity index (χ0) is 15.5. The van der Waals surface area contributed by atoms with Crippen LogP contribution in [0.25, 0.3) is 0 Å². The lowest BCUT2D eigenvalue weighted by molar-refractivity contribution is -0.138. The zero-order valence-corrected chi connectivity index (χ0v) is 12.7. The van der Waals surface area contributed by atoms with Crippen molar-refractivity contribution in [3.05, 3.63) is 23.8 Å². The minimum Gasteiger partial charge on any atom is -0.493 e. The van der Waals surface area contributed by atoms with Crippen LogP contribution in [0.1, 0.15) is 25.8 Å². The van der Waals surface area contributed by atoms with E-state index < -0.39 is 5.54 Å². The maximum atomic E-state index is 11.7. The fourth-order valence-electron chi connectivity index (χ4n) is 1.96. The number of benzene rings is 1. The molecule has 1 heterocycles. The van der Waals surface area contributed by atoms with Gasteiger partial charge in [-0.15, -0.1) is 0 Å². The summed E-state index contributed by atoms with van der Waals surface area (Å²) >= 11 is 0. The lowest BCUT2D eigenvalue weighted by Gasteiger charge is -2.15. The number of nitrogens with zero attached hydrogens (tertiary/aromatic N) is 1. The Morgan fingerprint density at radius 3 is 2.57 bits per heavy atom. The summed E-state index contributed by atoms with van der Waals surface area (Å²) in [6.07, 6.45) is 0.640. The molecule has 1 atom stereocenters. The summed E-state index contributed by atoms with van der Waals surface area (Å²) in [5.74, 6) is 1.01. The molecular weight excluding hydrogens is 272 g/mol. The monoisotopic (exact) mass is 292 g/mol. The number of aliphatic imine (C=N–C) groups is 1. The van der Waals surface area contributed by atoms with Crippen molar-refractivity contribution in [2.75, 3.05) is 14.2 Å². The van der Waals surface area contributed by atoms with Gasteiger partial charge in [-0.2, -0.15) is 0 Å². The Bertz CT molecular complexity index is 571. The topological polar surface area (TPSA) is 69.2 Å². The second kappa shape index (κ2) is 6.03. The van der Waals surface area contributed by atoms with Gasteiger partial charge in [0.05, 0.1) is 20.8 Å². The molecule has 6 heteroatoms. The minimum absolute atomic E-state index is 0.263. The van der Waals surface area contributed by atoms with E-state index in [2.05, 4.69) is 10.3 Å². The average Bonchev–Trinajstić information content (AvgIpc) is 2.80. The van der Waals surface area contributed by atoms with Crippen LogP contribution in [0.3, 0.4) is 0 Å². The second-order valence-electron chi connectivity index (χ2n) is 5.01. The molecule has 1 unspecified atom stereocenters. The highest BCUT2D eigenvalue weighted by atomic mass is 16.6. The van der Waals surface area contributed by atoms with Gasteiger partial charge < -0.3 is 19.5 Å². The van der Waals surface area contributed by atoms with Crippen LogP contribution in [0.4, 0.5) is 0 Å². The van der Waals surface area contributed by atoms with Gasteiger partial charge in [0, 0.05) is 0 Å². The molecule has 1 aliphatic rings. The van der Waals surface area contributed by atoms with Gasteiger partial charge in [-0.3, -0.25) is 0 Å². The predicted molar refractivity (Wildman–Crippen MR) is 78.6 cm³/mol. The Hall–Kier alpha value is -2.24. The molecule has 6 nitrogen and oxygen atoms in total. The average molecular weight is 292 g/mol. The van der Waals surface area contributed by atoms with Crippen LogP contribution >= 0.6 is 0 Å². The highest BCUT2D eigenvalue weighted by Gasteiger charge is 2.41. The summed E-state index contributed by atoms with van der Waals surface area (Å²) in [5.41, 5.74) is 0.249. The SMILES string of the molecule is CCC1(C)NC(=NCc2ccc(OC)c(OC)c2)OC1=O. The summed E-state index contributed by atoms with van der Waals surface area (Å²) in [6.45, 7) is 4.11. The molecule has 0 aromatic heterocycles. The molecule has 1 aliphatic heterocycles. The van der Waals surface area contributed by atoms with Crippen molar-refractivity contribution in [3.63, 3.8) is 0 Å². The van der Waals surface area contributed by atoms with E-state index in [0.717, 1.165) is 5.56 Å². The molecule has 0 spiro atoms. The standard InChI is InChI=1S/C15H20N2O4/c1-5-15(2)13(18)21-14(17-15)16-9-10-6-7-11(19-3)12(8-10)20-4/h6-8H,5,9H2,1-4H3,(H,16,17). The molecule has 1 fully saturated rings. The molecule has 114 valence electrons. The van der Waals surface area contributed by atoms with Crippen LogP contribution in [-0.2, 0) is 16.1 Å². The summed E-state index contributed by atoms with van der Waals surface area (Å²) in [6, 6.07) is 5.82. The Labute approximate surface area is 124 Å². The third-order valence-corrected chi connectivity index (χ3v) is 3.58. The molecule has 2 rings (SSSR count). The van der Waals surface area contributed by atoms with Crippen molar-refractivity contribution in [1.29, 1.82) is 0 Å². The number of nitrogens with one attached hydrogen (secondary N) is 1. The maximum absolute atomic E-state index is 11.7. The first-order valence-electron chi connectivity index (χ1n) is 6.78. The third kappa shape index (κ3) is 3.09. The molecule has 1 aromatic rings. The van der Waals surface area contributed by atoms with Gasteiger partial charge in [0.25, 0.3) is 6.02 Å². The van der Waals surface area contributed by atoms with E-state index in [0.29, 0.717) is 24.5 Å². The Morgan fingerprint density at radius 1 is 1.29 bits per heavy atom. The van der Waals surface area contributed by atoms with E-state index in [4.69, 9.17) is 14.2 Å². The largest absolute Gasteiger partial charge is 0.493 e. The normalized spacial score (nSPS) is 22.9. The van der Waals surface area contributed by atoms with Gasteiger partial charge in [-0.25, -0.2) is 9.79 Å². The molecule has 21 heavy (non-hydrogen) atoms. The number of rotatable bonds is 5. The first-order chi connectivity index (χ1) is 10.0. The van der Waals surface area contributed by atoms with Crippen molar-refractivity contribution in [1.82, 2.24) is 5.32 Å². The quantitative estimate of drug-likeness (QED) is 0.839. The van der Waals surface area contributed by atoms with E-state index in [1.54, 1.807) is 21.1 Å². The summed E-state index contributed by atoms with van der Waals surface area (Å²) in [4.78, 5) is 16.0. The Morgan fingerprint density at radius 2 is 2.00 bits per heavy atom. The number of methoxy groups -OCH3 is 2. The first-order valence-corrected chi connectivity index (χ1v) is 6.78.